The van der Waals surface area contributed by atoms with Crippen molar-refractivity contribution < 1.29 is 14.6 Å². The lowest BCUT2D eigenvalue weighted by atomic mass is 9.85. The van der Waals surface area contributed by atoms with E-state index in [1.165, 1.54) is 6.42 Å². The Balaban J connectivity index is 1.15. The number of likely N-dealkylation sites (N-methyl/N-ethyl adjacent to an activating group) is 1. The second kappa shape index (κ2) is 15.9. The molecule has 5 N–H and O–H groups in total. The van der Waals surface area contributed by atoms with Crippen molar-refractivity contribution in [3.8, 4) is 5.75 Å². The van der Waals surface area contributed by atoms with Crippen molar-refractivity contribution in [2.24, 2.45) is 16.1 Å². The van der Waals surface area contributed by atoms with Gasteiger partial charge < -0.3 is 30.7 Å². The molecule has 1 aliphatic carbocycles. The molecule has 272 valence electrons. The van der Waals surface area contributed by atoms with Gasteiger partial charge in [0, 0.05) is 43.4 Å². The highest BCUT2D eigenvalue weighted by molar-refractivity contribution is 6.05. The Labute approximate surface area is 299 Å². The number of nitrogens with one attached hydrogen (secondary N) is 2. The monoisotopic (exact) mass is 697 g/mol. The molecule has 51 heavy (non-hydrogen) atoms. The molecule has 6 rings (SSSR count). The molecule has 14 heteroatoms. The first-order valence-electron chi connectivity index (χ1n) is 17.9. The van der Waals surface area contributed by atoms with Crippen molar-refractivity contribution in [1.29, 1.82) is 0 Å². The number of hydrogen-bond donors (Lipinski definition) is 4. The standard InChI is InChI=1S/C37H51N11O3/c1-37(2,3)32(38)22-33(40-26-23-39-47(24-26)19-18-45(4)20-21-49)42-35(50)41-30-13-14-31(29-11-7-6-10-28(29)30)51-27-12-15-34-43-44-36(48(34)25-27)46-16-8-5-9-17-46/h6-7,10-12,15,22-25,30-31,49H,5,8-9,13-14,16-21,38H2,1-4H3,(H2,40,41,42,50). The number of amides is 2. The number of aliphatic hydroxyl groups excluding tert-OH is 1. The van der Waals surface area contributed by atoms with Gasteiger partial charge in [-0.3, -0.25) is 14.4 Å². The van der Waals surface area contributed by atoms with Crippen molar-refractivity contribution in [3.63, 3.8) is 0 Å². The smallest absolute Gasteiger partial charge is 0.320 e. The number of fused-ring (bicyclic) bond motifs is 2. The highest BCUT2D eigenvalue weighted by atomic mass is 16.5. The lowest BCUT2D eigenvalue weighted by Gasteiger charge is -2.32. The molecule has 4 aromatic rings. The average molecular weight is 698 g/mol. The Morgan fingerprint density at radius 2 is 1.86 bits per heavy atom. The predicted molar refractivity (Wildman–Crippen MR) is 198 cm³/mol. The van der Waals surface area contributed by atoms with Gasteiger partial charge in [-0.15, -0.1) is 10.2 Å². The van der Waals surface area contributed by atoms with Gasteiger partial charge in [-0.25, -0.2) is 9.79 Å². The minimum absolute atomic E-state index is 0.103. The predicted octanol–water partition coefficient (Wildman–Crippen LogP) is 4.71. The number of carbonyl (C=O) groups excluding carboxylic acids is 1. The van der Waals surface area contributed by atoms with Crippen LogP contribution in [0.2, 0.25) is 0 Å². The number of nitrogens with two attached hydrogens (primary N) is 1. The number of allylic oxidation sites excluding steroid dienone is 1. The first kappa shape index (κ1) is 35.9. The Morgan fingerprint density at radius 3 is 2.63 bits per heavy atom. The summed E-state index contributed by atoms with van der Waals surface area (Å²) in [6.45, 7) is 10.0. The molecule has 4 heterocycles. The lowest BCUT2D eigenvalue weighted by molar-refractivity contribution is 0.171. The summed E-state index contributed by atoms with van der Waals surface area (Å²) >= 11 is 0. The summed E-state index contributed by atoms with van der Waals surface area (Å²) in [4.78, 5) is 22.6. The van der Waals surface area contributed by atoms with Crippen LogP contribution in [0.3, 0.4) is 0 Å². The summed E-state index contributed by atoms with van der Waals surface area (Å²) < 4.78 is 10.4. The van der Waals surface area contributed by atoms with Crippen LogP contribution < -0.4 is 26.0 Å². The molecule has 1 aliphatic heterocycles. The number of piperidine rings is 1. The van der Waals surface area contributed by atoms with Crippen LogP contribution in [-0.4, -0.2) is 86.1 Å². The van der Waals surface area contributed by atoms with Crippen molar-refractivity contribution in [3.05, 3.63) is 77.9 Å². The van der Waals surface area contributed by atoms with Crippen LogP contribution in [0.5, 0.6) is 5.75 Å². The third-order valence-electron chi connectivity index (χ3n) is 9.48. The van der Waals surface area contributed by atoms with E-state index in [2.05, 4.69) is 36.9 Å². The number of carbonyl (C=O) groups is 1. The van der Waals surface area contributed by atoms with Gasteiger partial charge >= 0.3 is 6.03 Å². The average Bonchev–Trinajstić information content (AvgIpc) is 3.75. The number of ether oxygens (including phenoxy) is 1. The van der Waals surface area contributed by atoms with Gasteiger partial charge in [-0.1, -0.05) is 45.0 Å². The van der Waals surface area contributed by atoms with Gasteiger partial charge in [0.25, 0.3) is 0 Å². The van der Waals surface area contributed by atoms with E-state index < -0.39 is 0 Å². The van der Waals surface area contributed by atoms with Crippen molar-refractivity contribution in [1.82, 2.24) is 39.9 Å². The molecule has 0 bridgehead atoms. The van der Waals surface area contributed by atoms with Gasteiger partial charge in [0.15, 0.2) is 5.65 Å². The van der Waals surface area contributed by atoms with Crippen LogP contribution >= 0.6 is 0 Å². The second-order valence-corrected chi connectivity index (χ2v) is 14.4. The number of rotatable bonds is 11. The maximum atomic E-state index is 13.6. The number of aromatic nitrogens is 5. The SMILES string of the molecule is CN(CCO)CCn1cc(N=C(C=C(N)C(C)(C)C)NC(=O)NC2CCC(Oc3ccc4nnc(N5CCCCC5)n4c3)c3ccccc32)cn1. The number of benzene rings is 1. The number of amidine groups is 1. The van der Waals surface area contributed by atoms with Crippen LogP contribution in [0.4, 0.5) is 16.4 Å². The maximum Gasteiger partial charge on any atom is 0.320 e. The highest BCUT2D eigenvalue weighted by Crippen LogP contribution is 2.39. The van der Waals surface area contributed by atoms with Crippen molar-refractivity contribution >= 4 is 29.1 Å². The number of aliphatic imine (C=N–C) groups is 1. The van der Waals surface area contributed by atoms with Crippen LogP contribution in [0.1, 0.15) is 76.1 Å². The topological polar surface area (TPSA) is 163 Å². The number of hydrogen-bond acceptors (Lipinski definition) is 10. The molecule has 1 saturated heterocycles. The van der Waals surface area contributed by atoms with E-state index in [9.17, 15) is 9.90 Å². The van der Waals surface area contributed by atoms with Gasteiger partial charge in [0.2, 0.25) is 5.95 Å². The third kappa shape index (κ3) is 9.05. The molecule has 2 unspecified atom stereocenters. The minimum Gasteiger partial charge on any atom is -0.484 e. The molecule has 2 aliphatic rings. The minimum atomic E-state index is -0.382. The molecule has 1 fully saturated rings. The van der Waals surface area contributed by atoms with Crippen LogP contribution in [0, 0.1) is 5.41 Å². The van der Waals surface area contributed by atoms with Crippen LogP contribution in [0.25, 0.3) is 5.65 Å². The Morgan fingerprint density at radius 1 is 1.08 bits per heavy atom. The maximum absolute atomic E-state index is 13.6. The molecular formula is C37H51N11O3. The van der Waals surface area contributed by atoms with E-state index >= 15 is 0 Å². The van der Waals surface area contributed by atoms with Gasteiger partial charge in [-0.2, -0.15) is 5.10 Å². The lowest BCUT2D eigenvalue weighted by Crippen LogP contribution is -2.42. The fourth-order valence-electron chi connectivity index (χ4n) is 6.42. The summed E-state index contributed by atoms with van der Waals surface area (Å²) in [7, 11) is 1.95. The van der Waals surface area contributed by atoms with Crippen molar-refractivity contribution in [2.45, 2.75) is 71.6 Å². The summed E-state index contributed by atoms with van der Waals surface area (Å²) in [5.74, 6) is 1.91. The summed E-state index contributed by atoms with van der Waals surface area (Å²) in [5.41, 5.74) is 10.1. The molecule has 14 nitrogen and oxygen atoms in total. The van der Waals surface area contributed by atoms with Crippen LogP contribution in [0.15, 0.2) is 71.8 Å². The molecule has 2 amide bonds. The first-order chi connectivity index (χ1) is 24.6. The second-order valence-electron chi connectivity index (χ2n) is 14.4. The van der Waals surface area contributed by atoms with Gasteiger partial charge in [-0.05, 0) is 62.4 Å². The van der Waals surface area contributed by atoms with Gasteiger partial charge in [0.05, 0.1) is 37.8 Å². The van der Waals surface area contributed by atoms with Gasteiger partial charge in [0.1, 0.15) is 23.4 Å². The third-order valence-corrected chi connectivity index (χ3v) is 9.48. The van der Waals surface area contributed by atoms with E-state index in [0.717, 1.165) is 60.9 Å². The van der Waals surface area contributed by atoms with E-state index in [1.54, 1.807) is 17.0 Å². The zero-order valence-electron chi connectivity index (χ0n) is 30.1. The van der Waals surface area contributed by atoms with E-state index in [0.29, 0.717) is 43.2 Å². The molecule has 0 spiro atoms. The molecule has 2 atom stereocenters. The quantitative estimate of drug-likeness (QED) is 0.128. The Kier molecular flexibility index (Phi) is 11.2. The number of pyridine rings is 1. The zero-order valence-corrected chi connectivity index (χ0v) is 30.1. The molecule has 0 saturated carbocycles. The van der Waals surface area contributed by atoms with E-state index in [-0.39, 0.29) is 30.2 Å². The number of nitrogens with zero attached hydrogens (tertiary/aromatic N) is 8. The molecule has 0 radical (unpaired) electrons. The first-order valence-corrected chi connectivity index (χ1v) is 17.9. The normalized spacial score (nSPS) is 18.6. The van der Waals surface area contributed by atoms with E-state index in [4.69, 9.17) is 15.5 Å². The van der Waals surface area contributed by atoms with E-state index in [1.807, 2.05) is 79.8 Å². The number of urea groups is 1. The largest absolute Gasteiger partial charge is 0.484 e. The molecule has 1 aromatic carbocycles. The summed E-state index contributed by atoms with van der Waals surface area (Å²) in [6.07, 6.45) is 11.9. The fourth-order valence-corrected chi connectivity index (χ4v) is 6.42. The van der Waals surface area contributed by atoms with Crippen LogP contribution in [-0.2, 0) is 6.54 Å². The Hall–Kier alpha value is -4.95. The summed E-state index contributed by atoms with van der Waals surface area (Å²) in [5, 5.41) is 28.6. The Bertz CT molecular complexity index is 1850. The van der Waals surface area contributed by atoms with Crippen molar-refractivity contribution in [2.75, 3.05) is 44.7 Å². The number of anilines is 1. The fraction of sp³-hybridized carbons (Fsp3) is 0.486. The molecule has 3 aromatic heterocycles. The number of aliphatic hydroxyl groups is 1. The zero-order chi connectivity index (χ0) is 36.0. The molecular weight excluding hydrogens is 646 g/mol. The summed E-state index contributed by atoms with van der Waals surface area (Å²) in [6, 6.07) is 11.4. The highest BCUT2D eigenvalue weighted by Gasteiger charge is 2.30.